The van der Waals surface area contributed by atoms with Gasteiger partial charge in [-0.3, -0.25) is 0 Å². The van der Waals surface area contributed by atoms with Crippen LogP contribution in [-0.4, -0.2) is 41.1 Å². The van der Waals surface area contributed by atoms with Gasteiger partial charge >= 0.3 is 6.03 Å². The second-order valence-electron chi connectivity index (χ2n) is 7.66. The average Bonchev–Trinajstić information content (AvgIpc) is 2.68. The van der Waals surface area contributed by atoms with Crippen molar-refractivity contribution in [2.45, 2.75) is 32.9 Å². The van der Waals surface area contributed by atoms with Gasteiger partial charge in [0.2, 0.25) is 0 Å². The summed E-state index contributed by atoms with van der Waals surface area (Å²) in [4.78, 5) is 21.8. The maximum Gasteiger partial charge on any atom is 0.322 e. The molecule has 0 saturated carbocycles. The number of nitrogens with one attached hydrogen (secondary N) is 1. The number of rotatable bonds is 2. The van der Waals surface area contributed by atoms with Crippen LogP contribution in [0.2, 0.25) is 0 Å². The zero-order valence-electron chi connectivity index (χ0n) is 16.6. The monoisotopic (exact) mass is 374 g/mol. The topological polar surface area (TPSA) is 48.5 Å². The van der Waals surface area contributed by atoms with Gasteiger partial charge in [-0.15, -0.1) is 0 Å². The van der Waals surface area contributed by atoms with E-state index in [2.05, 4.69) is 41.2 Å². The van der Waals surface area contributed by atoms with Crippen molar-refractivity contribution < 1.29 is 4.79 Å². The van der Waals surface area contributed by atoms with Crippen LogP contribution in [0, 0.1) is 6.92 Å². The van der Waals surface area contributed by atoms with Gasteiger partial charge in [0.25, 0.3) is 0 Å². The third-order valence-electron chi connectivity index (χ3n) is 5.41. The molecule has 1 aliphatic rings. The molecule has 0 spiro atoms. The van der Waals surface area contributed by atoms with Crippen molar-refractivity contribution >= 4 is 28.3 Å². The van der Waals surface area contributed by atoms with E-state index in [9.17, 15) is 4.79 Å². The van der Waals surface area contributed by atoms with Crippen LogP contribution in [0.1, 0.15) is 19.4 Å². The summed E-state index contributed by atoms with van der Waals surface area (Å²) in [6, 6.07) is 18.4. The van der Waals surface area contributed by atoms with E-state index in [0.717, 1.165) is 30.0 Å². The molecule has 2 atom stereocenters. The van der Waals surface area contributed by atoms with Crippen LogP contribution in [0.5, 0.6) is 0 Å². The molecule has 0 aliphatic carbocycles. The number of hydrogen-bond acceptors (Lipinski definition) is 3. The SMILES string of the molecule is Cc1ccc(NC(=O)N2C(C)CN(c3nccc4ccccc34)CC2C)cc1. The molecular formula is C23H26N4O. The van der Waals surface area contributed by atoms with E-state index in [4.69, 9.17) is 0 Å². The summed E-state index contributed by atoms with van der Waals surface area (Å²) >= 11 is 0. The fourth-order valence-electron chi connectivity index (χ4n) is 4.08. The minimum Gasteiger partial charge on any atom is -0.352 e. The highest BCUT2D eigenvalue weighted by Crippen LogP contribution is 2.28. The molecule has 5 nitrogen and oxygen atoms in total. The van der Waals surface area contributed by atoms with Gasteiger partial charge in [-0.25, -0.2) is 9.78 Å². The lowest BCUT2D eigenvalue weighted by molar-refractivity contribution is 0.153. The van der Waals surface area contributed by atoms with E-state index in [-0.39, 0.29) is 18.1 Å². The van der Waals surface area contributed by atoms with Crippen molar-refractivity contribution in [2.75, 3.05) is 23.3 Å². The zero-order valence-corrected chi connectivity index (χ0v) is 16.6. The lowest BCUT2D eigenvalue weighted by Gasteiger charge is -2.45. The van der Waals surface area contributed by atoms with E-state index >= 15 is 0 Å². The number of nitrogens with zero attached hydrogens (tertiary/aromatic N) is 3. The third-order valence-corrected chi connectivity index (χ3v) is 5.41. The fraction of sp³-hybridized carbons (Fsp3) is 0.304. The number of carbonyl (C=O) groups is 1. The smallest absolute Gasteiger partial charge is 0.322 e. The molecule has 3 aromatic rings. The Balaban J connectivity index is 1.52. The maximum atomic E-state index is 12.9. The van der Waals surface area contributed by atoms with Crippen molar-refractivity contribution in [3.05, 3.63) is 66.4 Å². The molecule has 1 aliphatic heterocycles. The standard InChI is InChI=1S/C23H26N4O/c1-16-8-10-20(11-9-16)25-23(28)27-17(2)14-26(15-18(27)3)22-21-7-5-4-6-19(21)12-13-24-22/h4-13,17-18H,14-15H2,1-3H3,(H,25,28). The summed E-state index contributed by atoms with van der Waals surface area (Å²) in [6.45, 7) is 7.75. The molecule has 5 heteroatoms. The van der Waals surface area contributed by atoms with Gasteiger partial charge in [-0.05, 0) is 44.4 Å². The molecule has 0 bridgehead atoms. The van der Waals surface area contributed by atoms with Crippen molar-refractivity contribution in [3.8, 4) is 0 Å². The predicted molar refractivity (Wildman–Crippen MR) is 115 cm³/mol. The number of benzene rings is 2. The Kier molecular flexibility index (Phi) is 4.90. The van der Waals surface area contributed by atoms with Crippen LogP contribution in [-0.2, 0) is 0 Å². The van der Waals surface area contributed by atoms with Crippen LogP contribution in [0.3, 0.4) is 0 Å². The van der Waals surface area contributed by atoms with E-state index in [1.165, 1.54) is 10.9 Å². The van der Waals surface area contributed by atoms with E-state index < -0.39 is 0 Å². The first-order valence-corrected chi connectivity index (χ1v) is 9.77. The average molecular weight is 374 g/mol. The van der Waals surface area contributed by atoms with Crippen molar-refractivity contribution in [1.29, 1.82) is 0 Å². The molecule has 28 heavy (non-hydrogen) atoms. The van der Waals surface area contributed by atoms with E-state index in [0.29, 0.717) is 0 Å². The Morgan fingerprint density at radius 2 is 1.68 bits per heavy atom. The molecule has 1 aromatic heterocycles. The Morgan fingerprint density at radius 3 is 2.39 bits per heavy atom. The molecule has 4 rings (SSSR count). The minimum absolute atomic E-state index is 0.0469. The predicted octanol–water partition coefficient (Wildman–Crippen LogP) is 4.67. The van der Waals surface area contributed by atoms with Gasteiger partial charge in [0.15, 0.2) is 0 Å². The van der Waals surface area contributed by atoms with Crippen molar-refractivity contribution in [2.24, 2.45) is 0 Å². The number of urea groups is 1. The second-order valence-corrected chi connectivity index (χ2v) is 7.66. The third kappa shape index (κ3) is 3.52. The summed E-state index contributed by atoms with van der Waals surface area (Å²) in [5.74, 6) is 0.996. The lowest BCUT2D eigenvalue weighted by Crippen LogP contribution is -2.59. The zero-order chi connectivity index (χ0) is 19.7. The highest BCUT2D eigenvalue weighted by atomic mass is 16.2. The number of piperazine rings is 1. The van der Waals surface area contributed by atoms with E-state index in [1.54, 1.807) is 0 Å². The highest BCUT2D eigenvalue weighted by molar-refractivity contribution is 5.93. The van der Waals surface area contributed by atoms with Gasteiger partial charge in [-0.1, -0.05) is 42.0 Å². The Morgan fingerprint density at radius 1 is 1.00 bits per heavy atom. The molecule has 2 heterocycles. The lowest BCUT2D eigenvalue weighted by atomic mass is 10.1. The number of amides is 2. The molecule has 2 aromatic carbocycles. The summed E-state index contributed by atoms with van der Waals surface area (Å²) in [7, 11) is 0. The summed E-state index contributed by atoms with van der Waals surface area (Å²) in [5.41, 5.74) is 2.00. The summed E-state index contributed by atoms with van der Waals surface area (Å²) < 4.78 is 0. The quantitative estimate of drug-likeness (QED) is 0.709. The molecule has 144 valence electrons. The molecule has 1 N–H and O–H groups in total. The van der Waals surface area contributed by atoms with Crippen LogP contribution in [0.25, 0.3) is 10.8 Å². The van der Waals surface area contributed by atoms with Gasteiger partial charge in [0.1, 0.15) is 5.82 Å². The number of pyridine rings is 1. The number of aromatic nitrogens is 1. The van der Waals surface area contributed by atoms with Crippen LogP contribution in [0.4, 0.5) is 16.3 Å². The molecule has 2 unspecified atom stereocenters. The highest BCUT2D eigenvalue weighted by Gasteiger charge is 2.33. The van der Waals surface area contributed by atoms with Crippen molar-refractivity contribution in [1.82, 2.24) is 9.88 Å². The first kappa shape index (κ1) is 18.3. The normalized spacial score (nSPS) is 19.7. The van der Waals surface area contributed by atoms with Crippen LogP contribution >= 0.6 is 0 Å². The largest absolute Gasteiger partial charge is 0.352 e. The first-order valence-electron chi connectivity index (χ1n) is 9.77. The molecule has 2 amide bonds. The van der Waals surface area contributed by atoms with Gasteiger partial charge < -0.3 is 15.1 Å². The first-order chi connectivity index (χ1) is 13.5. The van der Waals surface area contributed by atoms with Gasteiger partial charge in [0.05, 0.1) is 0 Å². The second kappa shape index (κ2) is 7.50. The van der Waals surface area contributed by atoms with Crippen LogP contribution < -0.4 is 10.2 Å². The summed E-state index contributed by atoms with van der Waals surface area (Å²) in [5, 5.41) is 5.38. The number of anilines is 2. The molecule has 1 saturated heterocycles. The Hall–Kier alpha value is -3.08. The summed E-state index contributed by atoms with van der Waals surface area (Å²) in [6.07, 6.45) is 1.86. The number of fused-ring (bicyclic) bond motifs is 1. The Labute approximate surface area is 166 Å². The number of aryl methyl sites for hydroxylation is 1. The fourth-order valence-corrected chi connectivity index (χ4v) is 4.08. The van der Waals surface area contributed by atoms with Crippen LogP contribution in [0.15, 0.2) is 60.8 Å². The molecule has 1 fully saturated rings. The molecular weight excluding hydrogens is 348 g/mol. The molecule has 0 radical (unpaired) electrons. The number of hydrogen-bond donors (Lipinski definition) is 1. The van der Waals surface area contributed by atoms with Gasteiger partial charge in [-0.2, -0.15) is 0 Å². The number of carbonyl (C=O) groups excluding carboxylic acids is 1. The van der Waals surface area contributed by atoms with Crippen molar-refractivity contribution in [3.63, 3.8) is 0 Å². The van der Waals surface area contributed by atoms with E-state index in [1.807, 2.05) is 60.5 Å². The van der Waals surface area contributed by atoms with Gasteiger partial charge in [0, 0.05) is 42.4 Å². The minimum atomic E-state index is -0.0469. The maximum absolute atomic E-state index is 12.9. The Bertz CT molecular complexity index is 968.